The Labute approximate surface area is 124 Å². The molecule has 0 aliphatic rings. The van der Waals surface area contributed by atoms with Crippen molar-refractivity contribution in [1.82, 2.24) is 4.98 Å². The van der Waals surface area contributed by atoms with Crippen LogP contribution in [0.1, 0.15) is 5.56 Å². The fourth-order valence-electron chi connectivity index (χ4n) is 2.53. The highest BCUT2D eigenvalue weighted by Gasteiger charge is 2.07. The lowest BCUT2D eigenvalue weighted by Gasteiger charge is -2.10. The molecule has 0 N–H and O–H groups in total. The molecule has 0 spiro atoms. The van der Waals surface area contributed by atoms with Gasteiger partial charge in [-0.15, -0.1) is 12.3 Å². The van der Waals surface area contributed by atoms with Crippen LogP contribution in [0.25, 0.3) is 21.9 Å². The number of terminal acetylenes is 1. The maximum Gasteiger partial charge on any atom is 0.119 e. The van der Waals surface area contributed by atoms with Gasteiger partial charge in [-0.3, -0.25) is 4.98 Å². The highest BCUT2D eigenvalue weighted by atomic mass is 16.5. The second-order valence-electron chi connectivity index (χ2n) is 4.85. The van der Waals surface area contributed by atoms with Gasteiger partial charge in [-0.1, -0.05) is 18.2 Å². The van der Waals surface area contributed by atoms with Crippen LogP contribution >= 0.6 is 0 Å². The van der Waals surface area contributed by atoms with Crippen LogP contribution in [0.3, 0.4) is 0 Å². The predicted octanol–water partition coefficient (Wildman–Crippen LogP) is 4.09. The fraction of sp³-hybridized carbons (Fsp3) is 0.105. The van der Waals surface area contributed by atoms with Gasteiger partial charge in [-0.25, -0.2) is 0 Å². The molecular weight excluding hydrogens is 258 g/mol. The van der Waals surface area contributed by atoms with Gasteiger partial charge >= 0.3 is 0 Å². The Bertz CT molecular complexity index is 825. The zero-order valence-electron chi connectivity index (χ0n) is 11.8. The molecule has 0 aliphatic heterocycles. The lowest BCUT2D eigenvalue weighted by atomic mass is 9.97. The van der Waals surface area contributed by atoms with Gasteiger partial charge < -0.3 is 4.74 Å². The minimum Gasteiger partial charge on any atom is -0.497 e. The number of rotatable bonds is 3. The molecule has 3 aromatic rings. The van der Waals surface area contributed by atoms with Gasteiger partial charge in [0, 0.05) is 24.2 Å². The Balaban J connectivity index is 2.22. The molecule has 1 heterocycles. The number of nitrogens with zero attached hydrogens (tertiary/aromatic N) is 1. The molecule has 2 heteroatoms. The van der Waals surface area contributed by atoms with Gasteiger partial charge in [0.15, 0.2) is 0 Å². The average Bonchev–Trinajstić information content (AvgIpc) is 2.54. The van der Waals surface area contributed by atoms with Crippen molar-refractivity contribution in [3.05, 3.63) is 60.4 Å². The van der Waals surface area contributed by atoms with Crippen molar-refractivity contribution in [3.63, 3.8) is 0 Å². The second-order valence-corrected chi connectivity index (χ2v) is 4.85. The number of aromatic nitrogens is 1. The molecule has 1 aromatic heterocycles. The van der Waals surface area contributed by atoms with Gasteiger partial charge in [0.1, 0.15) is 5.75 Å². The molecule has 102 valence electrons. The molecule has 0 saturated heterocycles. The predicted molar refractivity (Wildman–Crippen MR) is 86.3 cm³/mol. The summed E-state index contributed by atoms with van der Waals surface area (Å²) in [4.78, 5) is 4.18. The van der Waals surface area contributed by atoms with Gasteiger partial charge in [-0.05, 0) is 46.3 Å². The number of hydrogen-bond donors (Lipinski definition) is 0. The molecule has 0 bridgehead atoms. The van der Waals surface area contributed by atoms with Gasteiger partial charge in [0.05, 0.1) is 7.11 Å². The van der Waals surface area contributed by atoms with E-state index in [4.69, 9.17) is 11.2 Å². The van der Waals surface area contributed by atoms with E-state index in [9.17, 15) is 0 Å². The molecule has 0 unspecified atom stereocenters. The highest BCUT2D eigenvalue weighted by Crippen LogP contribution is 2.31. The maximum absolute atomic E-state index is 5.43. The smallest absolute Gasteiger partial charge is 0.119 e. The minimum absolute atomic E-state index is 0.594. The van der Waals surface area contributed by atoms with Crippen LogP contribution in [0.4, 0.5) is 0 Å². The molecule has 0 radical (unpaired) electrons. The summed E-state index contributed by atoms with van der Waals surface area (Å²) in [6.07, 6.45) is 9.72. The lowest BCUT2D eigenvalue weighted by Crippen LogP contribution is -1.90. The standard InChI is InChI=1S/C19H15NO/c1-3-5-14-10-16(12-17(11-14)21-2)18-7-4-6-15-13-20-9-8-19(15)18/h1,4,6-13H,5H2,2H3. The van der Waals surface area contributed by atoms with Crippen LogP contribution in [-0.4, -0.2) is 12.1 Å². The molecular formula is C19H15NO. The number of ether oxygens (including phenoxy) is 1. The Morgan fingerprint density at radius 2 is 2.10 bits per heavy atom. The maximum atomic E-state index is 5.43. The van der Waals surface area contributed by atoms with Gasteiger partial charge in [0.25, 0.3) is 0 Å². The summed E-state index contributed by atoms with van der Waals surface area (Å²) in [5, 5.41) is 2.30. The first-order valence-electron chi connectivity index (χ1n) is 6.76. The molecule has 0 atom stereocenters. The Kier molecular flexibility index (Phi) is 3.57. The Morgan fingerprint density at radius 1 is 1.19 bits per heavy atom. The monoisotopic (exact) mass is 273 g/mol. The summed E-state index contributed by atoms with van der Waals surface area (Å²) in [6.45, 7) is 0. The van der Waals surface area contributed by atoms with Crippen molar-refractivity contribution in [2.75, 3.05) is 7.11 Å². The summed E-state index contributed by atoms with van der Waals surface area (Å²) in [5.74, 6) is 3.51. The summed E-state index contributed by atoms with van der Waals surface area (Å²) < 4.78 is 5.39. The second kappa shape index (κ2) is 5.68. The highest BCUT2D eigenvalue weighted by molar-refractivity contribution is 5.96. The van der Waals surface area contributed by atoms with Crippen LogP contribution in [0.2, 0.25) is 0 Å². The van der Waals surface area contributed by atoms with Gasteiger partial charge in [-0.2, -0.15) is 0 Å². The lowest BCUT2D eigenvalue weighted by molar-refractivity contribution is 0.414. The first kappa shape index (κ1) is 13.2. The van der Waals surface area contributed by atoms with Crippen molar-refractivity contribution < 1.29 is 4.74 Å². The van der Waals surface area contributed by atoms with Gasteiger partial charge in [0.2, 0.25) is 0 Å². The number of methoxy groups -OCH3 is 1. The topological polar surface area (TPSA) is 22.1 Å². The van der Waals surface area contributed by atoms with E-state index in [2.05, 4.69) is 29.1 Å². The molecule has 0 fully saturated rings. The van der Waals surface area contributed by atoms with E-state index in [1.165, 1.54) is 5.39 Å². The van der Waals surface area contributed by atoms with Crippen LogP contribution in [-0.2, 0) is 6.42 Å². The van der Waals surface area contributed by atoms with E-state index >= 15 is 0 Å². The third-order valence-corrected chi connectivity index (χ3v) is 3.50. The van der Waals surface area contributed by atoms with Crippen molar-refractivity contribution in [2.45, 2.75) is 6.42 Å². The first-order chi connectivity index (χ1) is 10.3. The Morgan fingerprint density at radius 3 is 2.90 bits per heavy atom. The third kappa shape index (κ3) is 2.59. The van der Waals surface area contributed by atoms with Crippen molar-refractivity contribution in [1.29, 1.82) is 0 Å². The molecule has 3 rings (SSSR count). The van der Waals surface area contributed by atoms with Crippen LogP contribution < -0.4 is 4.74 Å². The normalized spacial score (nSPS) is 10.3. The van der Waals surface area contributed by atoms with E-state index in [-0.39, 0.29) is 0 Å². The summed E-state index contributed by atoms with van der Waals surface area (Å²) in [7, 11) is 1.67. The minimum atomic E-state index is 0.594. The van der Waals surface area contributed by atoms with E-state index in [0.29, 0.717) is 6.42 Å². The number of pyridine rings is 1. The number of hydrogen-bond acceptors (Lipinski definition) is 2. The molecule has 2 nitrogen and oxygen atoms in total. The summed E-state index contributed by atoms with van der Waals surface area (Å²) in [5.41, 5.74) is 3.35. The third-order valence-electron chi connectivity index (χ3n) is 3.50. The summed E-state index contributed by atoms with van der Waals surface area (Å²) >= 11 is 0. The van der Waals surface area contributed by atoms with E-state index < -0.39 is 0 Å². The molecule has 21 heavy (non-hydrogen) atoms. The first-order valence-corrected chi connectivity index (χ1v) is 6.76. The largest absolute Gasteiger partial charge is 0.497 e. The number of fused-ring (bicyclic) bond motifs is 1. The molecule has 2 aromatic carbocycles. The van der Waals surface area contributed by atoms with E-state index in [1.54, 1.807) is 7.11 Å². The van der Waals surface area contributed by atoms with Crippen molar-refractivity contribution >= 4 is 10.8 Å². The van der Waals surface area contributed by atoms with Crippen LogP contribution in [0.15, 0.2) is 54.9 Å². The molecule has 0 amide bonds. The zero-order chi connectivity index (χ0) is 14.7. The van der Waals surface area contributed by atoms with E-state index in [1.807, 2.05) is 36.7 Å². The van der Waals surface area contributed by atoms with E-state index in [0.717, 1.165) is 27.8 Å². The van der Waals surface area contributed by atoms with Crippen LogP contribution in [0, 0.1) is 12.3 Å². The average molecular weight is 273 g/mol. The Hall–Kier alpha value is -2.79. The molecule has 0 saturated carbocycles. The van der Waals surface area contributed by atoms with Crippen LogP contribution in [0.5, 0.6) is 5.75 Å². The molecule has 0 aliphatic carbocycles. The number of benzene rings is 2. The zero-order valence-corrected chi connectivity index (χ0v) is 11.8. The quantitative estimate of drug-likeness (QED) is 0.671. The SMILES string of the molecule is C#CCc1cc(OC)cc(-c2cccc3cnccc23)c1. The summed E-state index contributed by atoms with van der Waals surface area (Å²) in [6, 6.07) is 14.4. The van der Waals surface area contributed by atoms with Crippen molar-refractivity contribution in [2.24, 2.45) is 0 Å². The van der Waals surface area contributed by atoms with Crippen molar-refractivity contribution in [3.8, 4) is 29.2 Å². The fourth-order valence-corrected chi connectivity index (χ4v) is 2.53.